The third kappa shape index (κ3) is 3.32. The molecule has 2 aromatic carbocycles. The number of ether oxygens (including phenoxy) is 1. The summed E-state index contributed by atoms with van der Waals surface area (Å²) in [6.45, 7) is 4.99. The van der Waals surface area contributed by atoms with Crippen molar-refractivity contribution < 1.29 is 4.74 Å². The van der Waals surface area contributed by atoms with Crippen LogP contribution in [-0.2, 0) is 4.74 Å². The molecular weight excluding hydrogens is 284 g/mol. The van der Waals surface area contributed by atoms with E-state index in [-0.39, 0.29) is 0 Å². The van der Waals surface area contributed by atoms with Crippen LogP contribution in [0, 0.1) is 0 Å². The van der Waals surface area contributed by atoms with Crippen LogP contribution >= 0.6 is 0 Å². The molecule has 0 spiro atoms. The fourth-order valence-electron chi connectivity index (χ4n) is 3.85. The van der Waals surface area contributed by atoms with Crippen molar-refractivity contribution in [1.29, 1.82) is 0 Å². The minimum atomic E-state index is 0.357. The van der Waals surface area contributed by atoms with E-state index >= 15 is 0 Å². The Morgan fingerprint density at radius 2 is 1.61 bits per heavy atom. The first-order valence-electron chi connectivity index (χ1n) is 8.57. The number of likely N-dealkylation sites (tertiary alicyclic amines) is 1. The first kappa shape index (κ1) is 14.9. The predicted octanol–water partition coefficient (Wildman–Crippen LogP) is 2.49. The van der Waals surface area contributed by atoms with Gasteiger partial charge in [0.15, 0.2) is 0 Å². The summed E-state index contributed by atoms with van der Waals surface area (Å²) in [5.74, 6) is 0.414. The van der Waals surface area contributed by atoms with E-state index in [0.29, 0.717) is 18.1 Å². The van der Waals surface area contributed by atoms with Crippen LogP contribution in [0.2, 0.25) is 0 Å². The Morgan fingerprint density at radius 3 is 2.22 bits per heavy atom. The fraction of sp³-hybridized carbons (Fsp3) is 0.400. The Labute approximate surface area is 138 Å². The van der Waals surface area contributed by atoms with E-state index in [9.17, 15) is 0 Å². The molecule has 4 rings (SSSR count). The highest BCUT2D eigenvalue weighted by Gasteiger charge is 2.36. The number of fused-ring (bicyclic) bond motifs is 1. The zero-order chi connectivity index (χ0) is 15.5. The normalized spacial score (nSPS) is 24.7. The number of hydrogen-bond acceptors (Lipinski definition) is 3. The van der Waals surface area contributed by atoms with E-state index in [0.717, 1.165) is 32.8 Å². The molecule has 2 fully saturated rings. The van der Waals surface area contributed by atoms with Crippen LogP contribution in [0.15, 0.2) is 60.7 Å². The molecule has 0 bridgehead atoms. The molecule has 0 saturated carbocycles. The average molecular weight is 308 g/mol. The smallest absolute Gasteiger partial charge is 0.0867 e. The second kappa shape index (κ2) is 6.83. The minimum Gasteiger partial charge on any atom is -0.374 e. The predicted molar refractivity (Wildman–Crippen MR) is 92.7 cm³/mol. The summed E-state index contributed by atoms with van der Waals surface area (Å²) in [5, 5.41) is 3.60. The maximum absolute atomic E-state index is 5.92. The van der Waals surface area contributed by atoms with Crippen molar-refractivity contribution in [1.82, 2.24) is 10.2 Å². The molecule has 1 N–H and O–H groups in total. The van der Waals surface area contributed by atoms with Crippen LogP contribution in [0.5, 0.6) is 0 Å². The van der Waals surface area contributed by atoms with Gasteiger partial charge in [0.25, 0.3) is 0 Å². The van der Waals surface area contributed by atoms with Crippen LogP contribution in [0.25, 0.3) is 0 Å². The summed E-state index contributed by atoms with van der Waals surface area (Å²) in [6, 6.07) is 22.2. The molecule has 0 radical (unpaired) electrons. The summed E-state index contributed by atoms with van der Waals surface area (Å²) in [4.78, 5) is 2.55. The van der Waals surface area contributed by atoms with Gasteiger partial charge in [-0.3, -0.25) is 4.90 Å². The lowest BCUT2D eigenvalue weighted by atomic mass is 9.91. The second-order valence-corrected chi connectivity index (χ2v) is 6.56. The quantitative estimate of drug-likeness (QED) is 0.939. The first-order chi connectivity index (χ1) is 11.4. The summed E-state index contributed by atoms with van der Waals surface area (Å²) in [6.07, 6.45) is 0.357. The zero-order valence-electron chi connectivity index (χ0n) is 13.4. The molecule has 2 aliphatic rings. The molecule has 0 unspecified atom stereocenters. The number of rotatable bonds is 4. The van der Waals surface area contributed by atoms with Gasteiger partial charge in [-0.1, -0.05) is 60.7 Å². The first-order valence-corrected chi connectivity index (χ1v) is 8.57. The average Bonchev–Trinajstić information content (AvgIpc) is 3.04. The molecule has 2 heterocycles. The van der Waals surface area contributed by atoms with Crippen molar-refractivity contribution in [2.24, 2.45) is 0 Å². The molecule has 3 heteroatoms. The molecule has 2 aliphatic heterocycles. The molecule has 0 aliphatic carbocycles. The lowest BCUT2D eigenvalue weighted by molar-refractivity contribution is 0.0177. The number of morpholine rings is 1. The van der Waals surface area contributed by atoms with Gasteiger partial charge in [0.2, 0.25) is 0 Å². The van der Waals surface area contributed by atoms with Crippen molar-refractivity contribution >= 4 is 0 Å². The van der Waals surface area contributed by atoms with Crippen LogP contribution in [0.3, 0.4) is 0 Å². The summed E-state index contributed by atoms with van der Waals surface area (Å²) in [5.41, 5.74) is 2.78. The molecular formula is C20H24N2O. The molecule has 120 valence electrons. The van der Waals surface area contributed by atoms with Crippen LogP contribution in [0.4, 0.5) is 0 Å². The van der Waals surface area contributed by atoms with Gasteiger partial charge in [-0.25, -0.2) is 0 Å². The highest BCUT2D eigenvalue weighted by Crippen LogP contribution is 2.28. The molecule has 23 heavy (non-hydrogen) atoms. The van der Waals surface area contributed by atoms with Crippen molar-refractivity contribution in [2.75, 3.05) is 32.8 Å². The molecule has 0 aromatic heterocycles. The lowest BCUT2D eigenvalue weighted by Crippen LogP contribution is -2.47. The SMILES string of the molecule is c1ccc(C(CN2C[C@@H]3NCCO[C@H]3C2)c2ccccc2)cc1. The van der Waals surface area contributed by atoms with E-state index < -0.39 is 0 Å². The van der Waals surface area contributed by atoms with Crippen molar-refractivity contribution in [3.05, 3.63) is 71.8 Å². The lowest BCUT2D eigenvalue weighted by Gasteiger charge is -2.25. The van der Waals surface area contributed by atoms with E-state index in [1.165, 1.54) is 11.1 Å². The third-order valence-corrected chi connectivity index (χ3v) is 5.03. The number of benzene rings is 2. The van der Waals surface area contributed by atoms with Gasteiger partial charge in [-0.15, -0.1) is 0 Å². The van der Waals surface area contributed by atoms with Gasteiger partial charge in [-0.05, 0) is 11.1 Å². The van der Waals surface area contributed by atoms with Crippen molar-refractivity contribution in [2.45, 2.75) is 18.1 Å². The number of nitrogens with zero attached hydrogens (tertiary/aromatic N) is 1. The van der Waals surface area contributed by atoms with Gasteiger partial charge in [0.1, 0.15) is 0 Å². The summed E-state index contributed by atoms with van der Waals surface area (Å²) >= 11 is 0. The monoisotopic (exact) mass is 308 g/mol. The standard InChI is InChI=1S/C20H24N2O/c1-3-7-16(8-4-1)18(17-9-5-2-6-10-17)13-22-14-19-20(15-22)23-12-11-21-19/h1-10,18-21H,11-15H2/t19-,20-/m0/s1. The molecule has 2 saturated heterocycles. The topological polar surface area (TPSA) is 24.5 Å². The Kier molecular flexibility index (Phi) is 4.42. The molecule has 3 nitrogen and oxygen atoms in total. The molecule has 0 amide bonds. The van der Waals surface area contributed by atoms with E-state index in [4.69, 9.17) is 4.74 Å². The van der Waals surface area contributed by atoms with E-state index in [1.54, 1.807) is 0 Å². The second-order valence-electron chi connectivity index (χ2n) is 6.56. The van der Waals surface area contributed by atoms with Crippen LogP contribution in [0.1, 0.15) is 17.0 Å². The summed E-state index contributed by atoms with van der Waals surface area (Å²) < 4.78 is 5.92. The van der Waals surface area contributed by atoms with Gasteiger partial charge in [0.05, 0.1) is 12.7 Å². The van der Waals surface area contributed by atoms with Gasteiger partial charge < -0.3 is 10.1 Å². The Morgan fingerprint density at radius 1 is 0.957 bits per heavy atom. The maximum Gasteiger partial charge on any atom is 0.0867 e. The molecule has 2 atom stereocenters. The Hall–Kier alpha value is -1.68. The van der Waals surface area contributed by atoms with Gasteiger partial charge >= 0.3 is 0 Å². The van der Waals surface area contributed by atoms with Gasteiger partial charge in [-0.2, -0.15) is 0 Å². The highest BCUT2D eigenvalue weighted by molar-refractivity contribution is 5.32. The zero-order valence-corrected chi connectivity index (χ0v) is 13.4. The summed E-state index contributed by atoms with van der Waals surface area (Å²) in [7, 11) is 0. The number of hydrogen-bond donors (Lipinski definition) is 1. The van der Waals surface area contributed by atoms with Gasteiger partial charge in [0, 0.05) is 38.1 Å². The van der Waals surface area contributed by atoms with Crippen molar-refractivity contribution in [3.63, 3.8) is 0 Å². The van der Waals surface area contributed by atoms with Crippen molar-refractivity contribution in [3.8, 4) is 0 Å². The van der Waals surface area contributed by atoms with Crippen LogP contribution < -0.4 is 5.32 Å². The van der Waals surface area contributed by atoms with Crippen LogP contribution in [-0.4, -0.2) is 49.8 Å². The van der Waals surface area contributed by atoms with E-state index in [1.807, 2.05) is 0 Å². The maximum atomic E-state index is 5.92. The molecule has 2 aromatic rings. The largest absolute Gasteiger partial charge is 0.374 e. The third-order valence-electron chi connectivity index (χ3n) is 5.03. The van der Waals surface area contributed by atoms with E-state index in [2.05, 4.69) is 70.9 Å². The minimum absolute atomic E-state index is 0.357. The Bertz CT molecular complexity index is 563. The number of nitrogens with one attached hydrogen (secondary N) is 1. The highest BCUT2D eigenvalue weighted by atomic mass is 16.5. The Balaban J connectivity index is 1.54. The fourth-order valence-corrected chi connectivity index (χ4v) is 3.85.